The zero-order valence-corrected chi connectivity index (χ0v) is 12.8. The van der Waals surface area contributed by atoms with Crippen LogP contribution >= 0.6 is 0 Å². The van der Waals surface area contributed by atoms with E-state index in [0.29, 0.717) is 13.2 Å². The second kappa shape index (κ2) is 9.37. The van der Waals surface area contributed by atoms with Crippen molar-refractivity contribution in [2.75, 3.05) is 31.6 Å². The maximum Gasteiger partial charge on any atom is 0.238 e. The third-order valence-corrected chi connectivity index (χ3v) is 3.15. The minimum atomic E-state index is 0.0133. The topological polar surface area (TPSA) is 41.6 Å². The summed E-state index contributed by atoms with van der Waals surface area (Å²) >= 11 is 0. The molecule has 0 fully saturated rings. The van der Waals surface area contributed by atoms with Gasteiger partial charge in [-0.1, -0.05) is 33.3 Å². The van der Waals surface area contributed by atoms with Crippen LogP contribution in [0, 0.1) is 0 Å². The van der Waals surface area contributed by atoms with Crippen LogP contribution < -0.4 is 10.1 Å². The number of rotatable bonds is 9. The van der Waals surface area contributed by atoms with Gasteiger partial charge in [0.15, 0.2) is 0 Å². The van der Waals surface area contributed by atoms with Crippen LogP contribution in [0.5, 0.6) is 5.75 Å². The lowest BCUT2D eigenvalue weighted by atomic mass is 10.3. The molecule has 4 heteroatoms. The van der Waals surface area contributed by atoms with Crippen LogP contribution in [0.25, 0.3) is 0 Å². The van der Waals surface area contributed by atoms with Gasteiger partial charge in [-0.15, -0.1) is 0 Å². The highest BCUT2D eigenvalue weighted by molar-refractivity contribution is 5.92. The van der Waals surface area contributed by atoms with Gasteiger partial charge >= 0.3 is 0 Å². The molecular weight excluding hydrogens is 252 g/mol. The van der Waals surface area contributed by atoms with Crippen LogP contribution in [0.1, 0.15) is 33.6 Å². The molecule has 0 aliphatic carbocycles. The Morgan fingerprint density at radius 2 is 2.00 bits per heavy atom. The molecule has 1 rings (SSSR count). The number of carbonyl (C=O) groups is 1. The number of unbranched alkanes of at least 4 members (excludes halogenated alkanes) is 1. The molecule has 0 saturated carbocycles. The first kappa shape index (κ1) is 16.5. The lowest BCUT2D eigenvalue weighted by Gasteiger charge is -2.17. The quantitative estimate of drug-likeness (QED) is 0.706. The summed E-state index contributed by atoms with van der Waals surface area (Å²) in [6.45, 7) is 9.14. The first-order valence-electron chi connectivity index (χ1n) is 7.44. The molecule has 0 aromatic heterocycles. The number of anilines is 1. The second-order valence-corrected chi connectivity index (χ2v) is 4.74. The summed E-state index contributed by atoms with van der Waals surface area (Å²) < 4.78 is 5.63. The van der Waals surface area contributed by atoms with E-state index in [2.05, 4.69) is 31.0 Å². The molecule has 0 radical (unpaired) electrons. The number of likely N-dealkylation sites (N-methyl/N-ethyl adjacent to an activating group) is 1. The molecule has 0 unspecified atom stereocenters. The smallest absolute Gasteiger partial charge is 0.238 e. The molecule has 1 N–H and O–H groups in total. The molecule has 0 heterocycles. The highest BCUT2D eigenvalue weighted by Gasteiger charge is 2.07. The number of hydrogen-bond donors (Lipinski definition) is 1. The largest absolute Gasteiger partial charge is 0.494 e. The summed E-state index contributed by atoms with van der Waals surface area (Å²) in [6.07, 6.45) is 2.15. The Balaban J connectivity index is 2.50. The molecule has 4 nitrogen and oxygen atoms in total. The Hall–Kier alpha value is -1.55. The van der Waals surface area contributed by atoms with E-state index in [1.165, 1.54) is 0 Å². The molecule has 0 aliphatic heterocycles. The monoisotopic (exact) mass is 278 g/mol. The third kappa shape index (κ3) is 6.06. The molecule has 0 spiro atoms. The number of nitrogens with one attached hydrogen (secondary N) is 1. The zero-order valence-electron chi connectivity index (χ0n) is 12.8. The Morgan fingerprint density at radius 1 is 1.25 bits per heavy atom. The maximum atomic E-state index is 11.9. The minimum absolute atomic E-state index is 0.0133. The molecule has 112 valence electrons. The van der Waals surface area contributed by atoms with E-state index in [9.17, 15) is 4.79 Å². The summed E-state index contributed by atoms with van der Waals surface area (Å²) in [5.41, 5.74) is 0.788. The van der Waals surface area contributed by atoms with Crippen LogP contribution in [0.3, 0.4) is 0 Å². The molecule has 1 aromatic rings. The van der Waals surface area contributed by atoms with Crippen molar-refractivity contribution < 1.29 is 9.53 Å². The van der Waals surface area contributed by atoms with Gasteiger partial charge in [-0.25, -0.2) is 0 Å². The Bertz CT molecular complexity index is 403. The van der Waals surface area contributed by atoms with Crippen LogP contribution in [0.15, 0.2) is 24.3 Å². The number of benzene rings is 1. The van der Waals surface area contributed by atoms with Gasteiger partial charge in [-0.2, -0.15) is 0 Å². The van der Waals surface area contributed by atoms with E-state index in [4.69, 9.17) is 4.74 Å². The molecule has 0 aliphatic rings. The fourth-order valence-corrected chi connectivity index (χ4v) is 1.85. The first-order valence-corrected chi connectivity index (χ1v) is 7.44. The lowest BCUT2D eigenvalue weighted by Crippen LogP contribution is -2.32. The van der Waals surface area contributed by atoms with Gasteiger partial charge in [0.25, 0.3) is 0 Å². The van der Waals surface area contributed by atoms with E-state index in [0.717, 1.165) is 37.4 Å². The highest BCUT2D eigenvalue weighted by atomic mass is 16.5. The normalized spacial score (nSPS) is 10.6. The lowest BCUT2D eigenvalue weighted by molar-refractivity contribution is -0.117. The number of hydrogen-bond acceptors (Lipinski definition) is 3. The summed E-state index contributed by atoms with van der Waals surface area (Å²) in [5.74, 6) is 0.818. The van der Waals surface area contributed by atoms with Crippen molar-refractivity contribution in [3.05, 3.63) is 24.3 Å². The Kier molecular flexibility index (Phi) is 7.73. The highest BCUT2D eigenvalue weighted by Crippen LogP contribution is 2.17. The van der Waals surface area contributed by atoms with Crippen LogP contribution in [0.4, 0.5) is 5.69 Å². The predicted octanol–water partition coefficient (Wildman–Crippen LogP) is 3.15. The van der Waals surface area contributed by atoms with Crippen LogP contribution in [-0.2, 0) is 4.79 Å². The predicted molar refractivity (Wildman–Crippen MR) is 83.3 cm³/mol. The fraction of sp³-hybridized carbons (Fsp3) is 0.562. The van der Waals surface area contributed by atoms with Crippen LogP contribution in [0.2, 0.25) is 0 Å². The molecule has 0 atom stereocenters. The van der Waals surface area contributed by atoms with E-state index >= 15 is 0 Å². The van der Waals surface area contributed by atoms with Crippen molar-refractivity contribution in [3.8, 4) is 5.75 Å². The number of amides is 1. The molecule has 0 bridgehead atoms. The van der Waals surface area contributed by atoms with Crippen molar-refractivity contribution in [2.45, 2.75) is 33.6 Å². The Labute approximate surface area is 122 Å². The van der Waals surface area contributed by atoms with Crippen molar-refractivity contribution in [2.24, 2.45) is 0 Å². The van der Waals surface area contributed by atoms with E-state index < -0.39 is 0 Å². The van der Waals surface area contributed by atoms with Crippen molar-refractivity contribution >= 4 is 11.6 Å². The van der Waals surface area contributed by atoms with Gasteiger partial charge < -0.3 is 10.1 Å². The summed E-state index contributed by atoms with van der Waals surface area (Å²) in [6, 6.07) is 7.56. The van der Waals surface area contributed by atoms with E-state index in [1.807, 2.05) is 24.3 Å². The average molecular weight is 278 g/mol. The Morgan fingerprint density at radius 3 is 2.65 bits per heavy atom. The first-order chi connectivity index (χ1) is 9.69. The number of ether oxygens (including phenoxy) is 1. The average Bonchev–Trinajstić information content (AvgIpc) is 2.45. The van der Waals surface area contributed by atoms with Crippen molar-refractivity contribution in [1.82, 2.24) is 4.90 Å². The second-order valence-electron chi connectivity index (χ2n) is 4.74. The van der Waals surface area contributed by atoms with Crippen molar-refractivity contribution in [3.63, 3.8) is 0 Å². The number of nitrogens with zero attached hydrogens (tertiary/aromatic N) is 1. The summed E-state index contributed by atoms with van der Waals surface area (Å²) in [5, 5.41) is 2.91. The van der Waals surface area contributed by atoms with Gasteiger partial charge in [-0.3, -0.25) is 9.69 Å². The van der Waals surface area contributed by atoms with Gasteiger partial charge in [0.2, 0.25) is 5.91 Å². The zero-order chi connectivity index (χ0) is 14.8. The summed E-state index contributed by atoms with van der Waals surface area (Å²) in [7, 11) is 0. The standard InChI is InChI=1S/C16H26N2O2/c1-4-7-11-20-15-10-8-9-14(12-15)17-16(19)13-18(5-2)6-3/h8-10,12H,4-7,11,13H2,1-3H3,(H,17,19). The molecule has 0 saturated heterocycles. The van der Waals surface area contributed by atoms with Gasteiger partial charge in [0.1, 0.15) is 5.75 Å². The molecule has 20 heavy (non-hydrogen) atoms. The summed E-state index contributed by atoms with van der Waals surface area (Å²) in [4.78, 5) is 14.0. The minimum Gasteiger partial charge on any atom is -0.494 e. The van der Waals surface area contributed by atoms with E-state index in [-0.39, 0.29) is 5.91 Å². The number of carbonyl (C=O) groups excluding carboxylic acids is 1. The van der Waals surface area contributed by atoms with E-state index in [1.54, 1.807) is 0 Å². The fourth-order valence-electron chi connectivity index (χ4n) is 1.85. The van der Waals surface area contributed by atoms with Gasteiger partial charge in [-0.05, 0) is 31.6 Å². The molecule has 1 amide bonds. The third-order valence-electron chi connectivity index (χ3n) is 3.15. The molecule has 1 aromatic carbocycles. The molecular formula is C16H26N2O2. The van der Waals surface area contributed by atoms with Gasteiger partial charge in [0, 0.05) is 11.8 Å². The van der Waals surface area contributed by atoms with Gasteiger partial charge in [0.05, 0.1) is 13.2 Å². The SMILES string of the molecule is CCCCOc1cccc(NC(=O)CN(CC)CC)c1. The maximum absolute atomic E-state index is 11.9. The van der Waals surface area contributed by atoms with Crippen LogP contribution in [-0.4, -0.2) is 37.0 Å². The van der Waals surface area contributed by atoms with Crippen molar-refractivity contribution in [1.29, 1.82) is 0 Å².